The normalized spacial score (nSPS) is 15.1. The van der Waals surface area contributed by atoms with E-state index in [1.807, 2.05) is 0 Å². The molecule has 0 heterocycles. The Morgan fingerprint density at radius 2 is 1.88 bits per heavy atom. The summed E-state index contributed by atoms with van der Waals surface area (Å²) < 4.78 is 0. The molecule has 0 saturated heterocycles. The van der Waals surface area contributed by atoms with E-state index in [-0.39, 0.29) is 5.54 Å². The first-order valence-electron chi connectivity index (χ1n) is 6.07. The molecule has 0 spiro atoms. The lowest BCUT2D eigenvalue weighted by Gasteiger charge is -2.33. The highest BCUT2D eigenvalue weighted by Crippen LogP contribution is 2.14. The molecule has 0 aliphatic carbocycles. The lowest BCUT2D eigenvalue weighted by atomic mass is 9.88. The standard InChI is InChI=1S/C14H24N2/c1-12(2)14(3,11-15)16-10-9-13-7-5-4-6-8-13/h4-8,12,16H,9-11,15H2,1-3H3. The average Bonchev–Trinajstić information content (AvgIpc) is 2.30. The molecule has 0 amide bonds. The zero-order valence-corrected chi connectivity index (χ0v) is 10.7. The minimum absolute atomic E-state index is 0.0504. The molecule has 0 bridgehead atoms. The minimum Gasteiger partial charge on any atom is -0.329 e. The van der Waals surface area contributed by atoms with Gasteiger partial charge in [-0.05, 0) is 31.4 Å². The summed E-state index contributed by atoms with van der Waals surface area (Å²) in [7, 11) is 0. The lowest BCUT2D eigenvalue weighted by Crippen LogP contribution is -2.53. The molecular weight excluding hydrogens is 196 g/mol. The van der Waals surface area contributed by atoms with Crippen molar-refractivity contribution in [2.24, 2.45) is 11.7 Å². The molecule has 90 valence electrons. The van der Waals surface area contributed by atoms with E-state index >= 15 is 0 Å². The quantitative estimate of drug-likeness (QED) is 0.771. The number of hydrogen-bond acceptors (Lipinski definition) is 2. The highest BCUT2D eigenvalue weighted by molar-refractivity contribution is 5.14. The van der Waals surface area contributed by atoms with Crippen molar-refractivity contribution in [1.82, 2.24) is 5.32 Å². The summed E-state index contributed by atoms with van der Waals surface area (Å²) in [6, 6.07) is 10.5. The van der Waals surface area contributed by atoms with Crippen LogP contribution in [0.15, 0.2) is 30.3 Å². The fourth-order valence-corrected chi connectivity index (χ4v) is 1.65. The van der Waals surface area contributed by atoms with Crippen LogP contribution in [0.5, 0.6) is 0 Å². The first-order valence-corrected chi connectivity index (χ1v) is 6.07. The Balaban J connectivity index is 2.40. The van der Waals surface area contributed by atoms with E-state index in [1.54, 1.807) is 0 Å². The Morgan fingerprint density at radius 1 is 1.25 bits per heavy atom. The number of hydrogen-bond donors (Lipinski definition) is 2. The minimum atomic E-state index is 0.0504. The van der Waals surface area contributed by atoms with Gasteiger partial charge >= 0.3 is 0 Å². The van der Waals surface area contributed by atoms with Crippen LogP contribution in [0.25, 0.3) is 0 Å². The molecular formula is C14H24N2. The van der Waals surface area contributed by atoms with Crippen molar-refractivity contribution in [3.8, 4) is 0 Å². The second kappa shape index (κ2) is 6.02. The van der Waals surface area contributed by atoms with Crippen LogP contribution in [0.4, 0.5) is 0 Å². The maximum atomic E-state index is 5.82. The third-order valence-corrected chi connectivity index (χ3v) is 3.48. The predicted molar refractivity (Wildman–Crippen MR) is 70.4 cm³/mol. The maximum absolute atomic E-state index is 5.82. The van der Waals surface area contributed by atoms with Gasteiger partial charge in [0.05, 0.1) is 0 Å². The summed E-state index contributed by atoms with van der Waals surface area (Å²) in [5.41, 5.74) is 7.25. The zero-order valence-electron chi connectivity index (χ0n) is 10.7. The molecule has 1 atom stereocenters. The van der Waals surface area contributed by atoms with Gasteiger partial charge < -0.3 is 11.1 Å². The highest BCUT2D eigenvalue weighted by Gasteiger charge is 2.25. The second-order valence-electron chi connectivity index (χ2n) is 4.94. The first kappa shape index (κ1) is 13.2. The summed E-state index contributed by atoms with van der Waals surface area (Å²) in [6.07, 6.45) is 1.06. The van der Waals surface area contributed by atoms with Crippen LogP contribution >= 0.6 is 0 Å². The van der Waals surface area contributed by atoms with Crippen molar-refractivity contribution in [1.29, 1.82) is 0 Å². The molecule has 1 aromatic rings. The van der Waals surface area contributed by atoms with Gasteiger partial charge in [-0.3, -0.25) is 0 Å². The van der Waals surface area contributed by atoms with E-state index in [9.17, 15) is 0 Å². The van der Waals surface area contributed by atoms with E-state index in [2.05, 4.69) is 56.4 Å². The smallest absolute Gasteiger partial charge is 0.0298 e. The molecule has 0 radical (unpaired) electrons. The third-order valence-electron chi connectivity index (χ3n) is 3.48. The highest BCUT2D eigenvalue weighted by atomic mass is 15.0. The summed E-state index contributed by atoms with van der Waals surface area (Å²) >= 11 is 0. The molecule has 1 rings (SSSR count). The molecule has 16 heavy (non-hydrogen) atoms. The van der Waals surface area contributed by atoms with Gasteiger partial charge in [0.2, 0.25) is 0 Å². The molecule has 0 fully saturated rings. The van der Waals surface area contributed by atoms with Crippen LogP contribution in [0.1, 0.15) is 26.3 Å². The van der Waals surface area contributed by atoms with Gasteiger partial charge in [-0.2, -0.15) is 0 Å². The van der Waals surface area contributed by atoms with E-state index in [4.69, 9.17) is 5.73 Å². The fourth-order valence-electron chi connectivity index (χ4n) is 1.65. The van der Waals surface area contributed by atoms with Crippen LogP contribution < -0.4 is 11.1 Å². The Bertz CT molecular complexity index is 295. The van der Waals surface area contributed by atoms with Gasteiger partial charge in [-0.25, -0.2) is 0 Å². The molecule has 2 heteroatoms. The van der Waals surface area contributed by atoms with Gasteiger partial charge in [0.25, 0.3) is 0 Å². The Hall–Kier alpha value is -0.860. The number of benzene rings is 1. The van der Waals surface area contributed by atoms with Gasteiger partial charge in [0.15, 0.2) is 0 Å². The molecule has 0 aliphatic rings. The molecule has 1 unspecified atom stereocenters. The summed E-state index contributed by atoms with van der Waals surface area (Å²) in [5, 5.41) is 3.57. The Morgan fingerprint density at radius 3 is 2.38 bits per heavy atom. The summed E-state index contributed by atoms with van der Waals surface area (Å²) in [5.74, 6) is 0.549. The van der Waals surface area contributed by atoms with Crippen molar-refractivity contribution in [3.63, 3.8) is 0 Å². The third kappa shape index (κ3) is 3.62. The largest absolute Gasteiger partial charge is 0.329 e. The van der Waals surface area contributed by atoms with Crippen LogP contribution in [-0.4, -0.2) is 18.6 Å². The Kier molecular flexibility index (Phi) is 4.97. The van der Waals surface area contributed by atoms with E-state index < -0.39 is 0 Å². The van der Waals surface area contributed by atoms with Crippen molar-refractivity contribution in [3.05, 3.63) is 35.9 Å². The predicted octanol–water partition coefficient (Wildman–Crippen LogP) is 2.19. The van der Waals surface area contributed by atoms with Gasteiger partial charge in [-0.1, -0.05) is 44.2 Å². The molecule has 0 saturated carbocycles. The average molecular weight is 220 g/mol. The summed E-state index contributed by atoms with van der Waals surface area (Å²) in [6.45, 7) is 8.28. The van der Waals surface area contributed by atoms with Crippen molar-refractivity contribution in [2.75, 3.05) is 13.1 Å². The van der Waals surface area contributed by atoms with E-state index in [0.717, 1.165) is 13.0 Å². The van der Waals surface area contributed by atoms with Crippen LogP contribution in [-0.2, 0) is 6.42 Å². The maximum Gasteiger partial charge on any atom is 0.0298 e. The first-order chi connectivity index (χ1) is 7.58. The molecule has 0 aliphatic heterocycles. The van der Waals surface area contributed by atoms with Gasteiger partial charge in [0, 0.05) is 12.1 Å². The van der Waals surface area contributed by atoms with E-state index in [0.29, 0.717) is 12.5 Å². The van der Waals surface area contributed by atoms with Crippen molar-refractivity contribution >= 4 is 0 Å². The lowest BCUT2D eigenvalue weighted by molar-refractivity contribution is 0.271. The monoisotopic (exact) mass is 220 g/mol. The second-order valence-corrected chi connectivity index (χ2v) is 4.94. The van der Waals surface area contributed by atoms with E-state index in [1.165, 1.54) is 5.56 Å². The number of rotatable bonds is 6. The Labute approximate surface area is 99.2 Å². The zero-order chi connectivity index (χ0) is 12.0. The van der Waals surface area contributed by atoms with Crippen LogP contribution in [0, 0.1) is 5.92 Å². The summed E-state index contributed by atoms with van der Waals surface area (Å²) in [4.78, 5) is 0. The van der Waals surface area contributed by atoms with Gasteiger partial charge in [0.1, 0.15) is 0 Å². The number of nitrogens with two attached hydrogens (primary N) is 1. The SMILES string of the molecule is CC(C)C(C)(CN)NCCc1ccccc1. The van der Waals surface area contributed by atoms with Crippen molar-refractivity contribution in [2.45, 2.75) is 32.7 Å². The van der Waals surface area contributed by atoms with Crippen LogP contribution in [0.3, 0.4) is 0 Å². The molecule has 3 N–H and O–H groups in total. The molecule has 1 aromatic carbocycles. The molecule has 2 nitrogen and oxygen atoms in total. The van der Waals surface area contributed by atoms with Crippen molar-refractivity contribution < 1.29 is 0 Å². The fraction of sp³-hybridized carbons (Fsp3) is 0.571. The topological polar surface area (TPSA) is 38.0 Å². The van der Waals surface area contributed by atoms with Crippen LogP contribution in [0.2, 0.25) is 0 Å². The molecule has 0 aromatic heterocycles. The number of nitrogens with one attached hydrogen (secondary N) is 1. The van der Waals surface area contributed by atoms with Gasteiger partial charge in [-0.15, -0.1) is 0 Å².